The van der Waals surface area contributed by atoms with Crippen LogP contribution in [-0.2, 0) is 22.5 Å². The van der Waals surface area contributed by atoms with E-state index in [1.807, 2.05) is 18.2 Å². The Hall–Kier alpha value is -2.89. The van der Waals surface area contributed by atoms with E-state index in [0.29, 0.717) is 18.7 Å². The minimum Gasteiger partial charge on any atom is -0.448 e. The Balaban J connectivity index is 1.63. The summed E-state index contributed by atoms with van der Waals surface area (Å²) in [7, 11) is 0. The molecule has 6 heteroatoms. The molecule has 0 fully saturated rings. The molecule has 1 amide bonds. The fourth-order valence-electron chi connectivity index (χ4n) is 2.93. The minimum atomic E-state index is -0.887. The first-order valence-electron chi connectivity index (χ1n) is 8.21. The molecule has 2 aromatic rings. The SMILES string of the molecule is CC(=O)c1c[nH]c(C(=O)O[C@@H](C)C(=O)N2CCc3ccccc3C2)c1. The second-order valence-electron chi connectivity index (χ2n) is 6.18. The van der Waals surface area contributed by atoms with E-state index in [2.05, 4.69) is 11.1 Å². The van der Waals surface area contributed by atoms with Gasteiger partial charge in [-0.05, 0) is 37.5 Å². The number of benzene rings is 1. The lowest BCUT2D eigenvalue weighted by Gasteiger charge is -2.30. The quantitative estimate of drug-likeness (QED) is 0.684. The third-order valence-corrected chi connectivity index (χ3v) is 4.38. The summed E-state index contributed by atoms with van der Waals surface area (Å²) in [6.45, 7) is 4.11. The smallest absolute Gasteiger partial charge is 0.355 e. The number of hydrogen-bond acceptors (Lipinski definition) is 4. The zero-order valence-corrected chi connectivity index (χ0v) is 14.2. The highest BCUT2D eigenvalue weighted by Gasteiger charge is 2.27. The van der Waals surface area contributed by atoms with Crippen molar-refractivity contribution in [1.82, 2.24) is 9.88 Å². The average molecular weight is 340 g/mol. The number of Topliss-reactive ketones (excluding diaryl/α,β-unsaturated/α-hetero) is 1. The molecule has 1 aliphatic rings. The van der Waals surface area contributed by atoms with Crippen molar-refractivity contribution < 1.29 is 19.1 Å². The number of nitrogens with one attached hydrogen (secondary N) is 1. The summed E-state index contributed by atoms with van der Waals surface area (Å²) in [5, 5.41) is 0. The third kappa shape index (κ3) is 3.63. The first-order valence-corrected chi connectivity index (χ1v) is 8.21. The number of aromatic nitrogens is 1. The van der Waals surface area contributed by atoms with Gasteiger partial charge in [-0.3, -0.25) is 9.59 Å². The summed E-state index contributed by atoms with van der Waals surface area (Å²) >= 11 is 0. The van der Waals surface area contributed by atoms with Gasteiger partial charge in [-0.25, -0.2) is 4.79 Å². The van der Waals surface area contributed by atoms with E-state index in [-0.39, 0.29) is 17.4 Å². The standard InChI is InChI=1S/C19H20N2O4/c1-12(22)16-9-17(20-10-16)19(24)25-13(2)18(23)21-8-7-14-5-3-4-6-15(14)11-21/h3-6,9-10,13,20H,7-8,11H2,1-2H3/t13-/m0/s1. The van der Waals surface area contributed by atoms with E-state index in [1.54, 1.807) is 11.8 Å². The Morgan fingerprint density at radius 3 is 2.60 bits per heavy atom. The molecule has 0 saturated carbocycles. The number of rotatable bonds is 4. The van der Waals surface area contributed by atoms with Gasteiger partial charge in [-0.2, -0.15) is 0 Å². The molecule has 0 unspecified atom stereocenters. The second kappa shape index (κ2) is 6.93. The number of carbonyl (C=O) groups is 3. The topological polar surface area (TPSA) is 79.5 Å². The average Bonchev–Trinajstić information content (AvgIpc) is 3.11. The molecule has 130 valence electrons. The monoisotopic (exact) mass is 340 g/mol. The summed E-state index contributed by atoms with van der Waals surface area (Å²) in [5.41, 5.74) is 2.93. The second-order valence-corrected chi connectivity index (χ2v) is 6.18. The van der Waals surface area contributed by atoms with Crippen LogP contribution in [0.1, 0.15) is 45.8 Å². The Bertz CT molecular complexity index is 824. The van der Waals surface area contributed by atoms with Gasteiger partial charge in [0.05, 0.1) is 0 Å². The molecule has 0 spiro atoms. The Morgan fingerprint density at radius 2 is 1.92 bits per heavy atom. The zero-order valence-electron chi connectivity index (χ0n) is 14.2. The lowest BCUT2D eigenvalue weighted by Crippen LogP contribution is -2.42. The molecule has 1 aromatic carbocycles. The molecule has 0 saturated heterocycles. The van der Waals surface area contributed by atoms with Crippen LogP contribution in [0.2, 0.25) is 0 Å². The summed E-state index contributed by atoms with van der Waals surface area (Å²) in [6, 6.07) is 9.45. The van der Waals surface area contributed by atoms with Gasteiger partial charge in [0.25, 0.3) is 5.91 Å². The minimum absolute atomic E-state index is 0.147. The summed E-state index contributed by atoms with van der Waals surface area (Å²) in [5.74, 6) is -1.02. The molecule has 1 atom stereocenters. The number of esters is 1. The number of fused-ring (bicyclic) bond motifs is 1. The summed E-state index contributed by atoms with van der Waals surface area (Å²) in [4.78, 5) is 40.4. The van der Waals surface area contributed by atoms with Crippen LogP contribution in [0, 0.1) is 0 Å². The van der Waals surface area contributed by atoms with Crippen molar-refractivity contribution in [3.63, 3.8) is 0 Å². The maximum absolute atomic E-state index is 12.6. The number of ketones is 1. The van der Waals surface area contributed by atoms with E-state index in [4.69, 9.17) is 4.74 Å². The van der Waals surface area contributed by atoms with Gasteiger partial charge in [-0.15, -0.1) is 0 Å². The Kier molecular flexibility index (Phi) is 4.70. The van der Waals surface area contributed by atoms with Crippen LogP contribution in [0.4, 0.5) is 0 Å². The molecule has 3 rings (SSSR count). The lowest BCUT2D eigenvalue weighted by molar-refractivity contribution is -0.140. The van der Waals surface area contributed by atoms with Crippen molar-refractivity contribution in [1.29, 1.82) is 0 Å². The van der Waals surface area contributed by atoms with Crippen LogP contribution >= 0.6 is 0 Å². The molecule has 1 N–H and O–H groups in total. The van der Waals surface area contributed by atoms with E-state index < -0.39 is 12.1 Å². The van der Waals surface area contributed by atoms with Crippen molar-refractivity contribution in [2.24, 2.45) is 0 Å². The van der Waals surface area contributed by atoms with Gasteiger partial charge < -0.3 is 14.6 Å². The fourth-order valence-corrected chi connectivity index (χ4v) is 2.93. The number of ether oxygens (including phenoxy) is 1. The van der Waals surface area contributed by atoms with Gasteiger partial charge in [0.1, 0.15) is 5.69 Å². The third-order valence-electron chi connectivity index (χ3n) is 4.38. The van der Waals surface area contributed by atoms with Gasteiger partial charge in [0.15, 0.2) is 11.9 Å². The lowest BCUT2D eigenvalue weighted by atomic mass is 9.99. The van der Waals surface area contributed by atoms with Crippen LogP contribution < -0.4 is 0 Å². The Morgan fingerprint density at radius 1 is 1.20 bits per heavy atom. The van der Waals surface area contributed by atoms with Crippen LogP contribution in [0.3, 0.4) is 0 Å². The van der Waals surface area contributed by atoms with Crippen molar-refractivity contribution in [2.75, 3.05) is 6.54 Å². The first-order chi connectivity index (χ1) is 12.0. The first kappa shape index (κ1) is 17.0. The van der Waals surface area contributed by atoms with Crippen molar-refractivity contribution in [3.05, 3.63) is 58.9 Å². The van der Waals surface area contributed by atoms with Crippen molar-refractivity contribution in [3.8, 4) is 0 Å². The van der Waals surface area contributed by atoms with E-state index in [9.17, 15) is 14.4 Å². The van der Waals surface area contributed by atoms with Gasteiger partial charge in [0, 0.05) is 24.8 Å². The van der Waals surface area contributed by atoms with Gasteiger partial charge >= 0.3 is 5.97 Å². The van der Waals surface area contributed by atoms with Crippen LogP contribution in [0.5, 0.6) is 0 Å². The molecule has 1 aliphatic heterocycles. The number of amides is 1. The largest absolute Gasteiger partial charge is 0.448 e. The van der Waals surface area contributed by atoms with Crippen LogP contribution in [0.25, 0.3) is 0 Å². The van der Waals surface area contributed by atoms with E-state index in [0.717, 1.165) is 12.0 Å². The maximum atomic E-state index is 12.6. The maximum Gasteiger partial charge on any atom is 0.355 e. The molecule has 0 aliphatic carbocycles. The van der Waals surface area contributed by atoms with Crippen molar-refractivity contribution >= 4 is 17.7 Å². The number of nitrogens with zero attached hydrogens (tertiary/aromatic N) is 1. The molecule has 0 bridgehead atoms. The van der Waals surface area contributed by atoms with Gasteiger partial charge in [-0.1, -0.05) is 24.3 Å². The van der Waals surface area contributed by atoms with E-state index in [1.165, 1.54) is 24.8 Å². The molecular weight excluding hydrogens is 320 g/mol. The fraction of sp³-hybridized carbons (Fsp3) is 0.316. The highest BCUT2D eigenvalue weighted by molar-refractivity contribution is 5.98. The molecule has 25 heavy (non-hydrogen) atoms. The van der Waals surface area contributed by atoms with Gasteiger partial charge in [0.2, 0.25) is 0 Å². The summed E-state index contributed by atoms with van der Waals surface area (Å²) < 4.78 is 5.26. The highest BCUT2D eigenvalue weighted by Crippen LogP contribution is 2.19. The number of H-pyrrole nitrogens is 1. The molecule has 6 nitrogen and oxygen atoms in total. The number of aromatic amines is 1. The summed E-state index contributed by atoms with van der Waals surface area (Å²) in [6.07, 6.45) is 1.36. The Labute approximate surface area is 145 Å². The predicted molar refractivity (Wildman–Crippen MR) is 91.2 cm³/mol. The molecule has 2 heterocycles. The number of carbonyl (C=O) groups excluding carboxylic acids is 3. The predicted octanol–water partition coefficient (Wildman–Crippen LogP) is 2.35. The number of hydrogen-bond donors (Lipinski definition) is 1. The molecule has 1 aromatic heterocycles. The van der Waals surface area contributed by atoms with Crippen LogP contribution in [-0.4, -0.2) is 40.2 Å². The van der Waals surface area contributed by atoms with E-state index >= 15 is 0 Å². The van der Waals surface area contributed by atoms with Crippen molar-refractivity contribution in [2.45, 2.75) is 32.9 Å². The normalized spacial score (nSPS) is 14.6. The van der Waals surface area contributed by atoms with Crippen LogP contribution in [0.15, 0.2) is 36.5 Å². The highest BCUT2D eigenvalue weighted by atomic mass is 16.5. The zero-order chi connectivity index (χ0) is 18.0. The molecule has 0 radical (unpaired) electrons. The molecular formula is C19H20N2O4.